The Balaban J connectivity index is 2.37. The minimum absolute atomic E-state index is 0.0310. The molecule has 202 valence electrons. The van der Waals surface area contributed by atoms with Crippen molar-refractivity contribution >= 4 is 20.2 Å². The first kappa shape index (κ1) is 29.0. The van der Waals surface area contributed by atoms with Crippen LogP contribution in [0.5, 0.6) is 0 Å². The van der Waals surface area contributed by atoms with Gasteiger partial charge in [-0.05, 0) is 47.9 Å². The molecule has 0 spiro atoms. The smallest absolute Gasteiger partial charge is 0.282 e. The second-order valence-electron chi connectivity index (χ2n) is 10.7. The van der Waals surface area contributed by atoms with Crippen molar-refractivity contribution in [3.63, 3.8) is 0 Å². The molecule has 3 aromatic rings. The molecule has 1 heterocycles. The molecule has 0 fully saturated rings. The molecule has 0 aliphatic heterocycles. The number of nitrogens with zero attached hydrogens (tertiary/aromatic N) is 2. The van der Waals surface area contributed by atoms with E-state index in [1.165, 1.54) is 24.3 Å². The van der Waals surface area contributed by atoms with Crippen molar-refractivity contribution in [3.8, 4) is 11.4 Å². The normalized spacial score (nSPS) is 12.9. The van der Waals surface area contributed by atoms with Crippen LogP contribution in [0.2, 0.25) is 0 Å². The molecule has 0 radical (unpaired) electrons. The first-order valence-corrected chi connectivity index (χ1v) is 15.2. The van der Waals surface area contributed by atoms with Gasteiger partial charge in [-0.1, -0.05) is 55.4 Å². The van der Waals surface area contributed by atoms with Crippen molar-refractivity contribution in [2.45, 2.75) is 88.9 Å². The summed E-state index contributed by atoms with van der Waals surface area (Å²) in [5, 5.41) is 0. The summed E-state index contributed by atoms with van der Waals surface area (Å²) < 4.78 is 71.4. The molecule has 2 N–H and O–H groups in total. The molecule has 37 heavy (non-hydrogen) atoms. The minimum Gasteiger partial charge on any atom is -0.282 e. The lowest BCUT2D eigenvalue weighted by Gasteiger charge is -2.19. The quantitative estimate of drug-likeness (QED) is 0.273. The number of hydrogen-bond acceptors (Lipinski definition) is 4. The predicted molar refractivity (Wildman–Crippen MR) is 143 cm³/mol. The van der Waals surface area contributed by atoms with Gasteiger partial charge < -0.3 is 0 Å². The second-order valence-corrected chi connectivity index (χ2v) is 13.5. The molecule has 0 saturated carbocycles. The third-order valence-electron chi connectivity index (χ3n) is 6.52. The molecule has 10 heteroatoms. The molecule has 0 bridgehead atoms. The zero-order valence-corrected chi connectivity index (χ0v) is 24.2. The summed E-state index contributed by atoms with van der Waals surface area (Å²) in [5.74, 6) is -0.124. The van der Waals surface area contributed by atoms with Crippen molar-refractivity contribution < 1.29 is 30.5 Å². The van der Waals surface area contributed by atoms with E-state index < -0.39 is 20.2 Å². The Kier molecular flexibility index (Phi) is 8.10. The summed E-state index contributed by atoms with van der Waals surface area (Å²) >= 11 is 0. The minimum atomic E-state index is -4.38. The second kappa shape index (κ2) is 10.3. The summed E-state index contributed by atoms with van der Waals surface area (Å²) in [6, 6.07) is 6.08. The first-order valence-electron chi connectivity index (χ1n) is 12.3. The van der Waals surface area contributed by atoms with E-state index in [9.17, 15) is 25.9 Å². The lowest BCUT2D eigenvalue weighted by molar-refractivity contribution is -0.596. The number of imidazole rings is 1. The summed E-state index contributed by atoms with van der Waals surface area (Å²) in [5.41, 5.74) is 4.77. The highest BCUT2D eigenvalue weighted by Gasteiger charge is 2.28. The van der Waals surface area contributed by atoms with E-state index >= 15 is 0 Å². The number of rotatable bonds is 8. The van der Waals surface area contributed by atoms with Gasteiger partial charge in [0.2, 0.25) is 0 Å². The molecular weight excluding hydrogens is 512 g/mol. The SMILES string of the molecule is CC(C)c1cc(S(=O)(=O)O)cc(C(C)C)c1-n1cc[n+](-c2c(C(C)C)cc(S(=O)(=O)O)cc2C(C)C)c1. The fourth-order valence-corrected chi connectivity index (χ4v) is 5.68. The van der Waals surface area contributed by atoms with Crippen LogP contribution in [0.1, 0.15) is 101 Å². The summed E-state index contributed by atoms with van der Waals surface area (Å²) in [6.45, 7) is 15.7. The Bertz CT molecular complexity index is 1360. The van der Waals surface area contributed by atoms with Gasteiger partial charge in [-0.3, -0.25) is 9.11 Å². The van der Waals surface area contributed by atoms with Crippen LogP contribution in [0.4, 0.5) is 0 Å². The summed E-state index contributed by atoms with van der Waals surface area (Å²) in [4.78, 5) is -0.262. The zero-order valence-electron chi connectivity index (χ0n) is 22.6. The molecule has 0 saturated heterocycles. The molecular formula is C27H37N2O6S2+. The Morgan fingerprint density at radius 3 is 1.32 bits per heavy atom. The fraction of sp³-hybridized carbons (Fsp3) is 0.444. The molecule has 0 atom stereocenters. The van der Waals surface area contributed by atoms with Crippen molar-refractivity contribution in [1.82, 2.24) is 4.57 Å². The van der Waals surface area contributed by atoms with Crippen LogP contribution >= 0.6 is 0 Å². The molecule has 0 aliphatic carbocycles. The van der Waals surface area contributed by atoms with E-state index in [1.807, 2.05) is 83.2 Å². The van der Waals surface area contributed by atoms with Crippen LogP contribution in [0.3, 0.4) is 0 Å². The van der Waals surface area contributed by atoms with Crippen LogP contribution in [-0.2, 0) is 20.2 Å². The average Bonchev–Trinajstić information content (AvgIpc) is 3.25. The zero-order chi connectivity index (χ0) is 28.0. The standard InChI is InChI=1S/C27H36N2O6S2/c1-16(2)22-11-20(36(30,31)32)12-23(17(3)4)26(22)28-9-10-29(15-28)27-24(18(5)6)13-21(37(33,34)35)14-25(27)19(7)8/h9-19H,1-8H3,(H-,30,31,32,33,34,35)/p+1. The van der Waals surface area contributed by atoms with Crippen LogP contribution < -0.4 is 4.57 Å². The summed E-state index contributed by atoms with van der Waals surface area (Å²) in [6.07, 6.45) is 5.65. The molecule has 0 unspecified atom stereocenters. The van der Waals surface area contributed by atoms with Crippen LogP contribution in [-0.4, -0.2) is 30.5 Å². The maximum atomic E-state index is 12.0. The third-order valence-corrected chi connectivity index (χ3v) is 8.18. The van der Waals surface area contributed by atoms with Crippen molar-refractivity contribution in [2.24, 2.45) is 0 Å². The monoisotopic (exact) mass is 549 g/mol. The van der Waals surface area contributed by atoms with Crippen LogP contribution in [0.15, 0.2) is 52.8 Å². The lowest BCUT2D eigenvalue weighted by Crippen LogP contribution is -2.32. The van der Waals surface area contributed by atoms with E-state index in [2.05, 4.69) is 0 Å². The van der Waals surface area contributed by atoms with Crippen molar-refractivity contribution in [3.05, 3.63) is 65.2 Å². The molecule has 0 amide bonds. The maximum absolute atomic E-state index is 12.0. The largest absolute Gasteiger partial charge is 0.294 e. The van der Waals surface area contributed by atoms with E-state index in [0.29, 0.717) is 0 Å². The van der Waals surface area contributed by atoms with E-state index in [1.54, 1.807) is 0 Å². The van der Waals surface area contributed by atoms with Crippen LogP contribution in [0.25, 0.3) is 11.4 Å². The molecule has 1 aromatic heterocycles. The van der Waals surface area contributed by atoms with Gasteiger partial charge in [-0.25, -0.2) is 9.13 Å². The van der Waals surface area contributed by atoms with Gasteiger partial charge in [-0.2, -0.15) is 16.8 Å². The van der Waals surface area contributed by atoms with Crippen molar-refractivity contribution in [1.29, 1.82) is 0 Å². The Hall–Kier alpha value is -2.53. The predicted octanol–water partition coefficient (Wildman–Crippen LogP) is 5.74. The van der Waals surface area contributed by atoms with Gasteiger partial charge in [0.05, 0.1) is 9.79 Å². The Morgan fingerprint density at radius 2 is 1.00 bits per heavy atom. The summed E-state index contributed by atoms with van der Waals surface area (Å²) in [7, 11) is -8.76. The van der Waals surface area contributed by atoms with Gasteiger partial charge in [-0.15, -0.1) is 0 Å². The van der Waals surface area contributed by atoms with Crippen molar-refractivity contribution in [2.75, 3.05) is 0 Å². The van der Waals surface area contributed by atoms with Gasteiger partial charge in [0, 0.05) is 22.3 Å². The molecule has 0 aliphatic rings. The van der Waals surface area contributed by atoms with Crippen LogP contribution in [0, 0.1) is 0 Å². The van der Waals surface area contributed by atoms with E-state index in [-0.39, 0.29) is 33.5 Å². The van der Waals surface area contributed by atoms with E-state index in [4.69, 9.17) is 0 Å². The number of benzene rings is 2. The topological polar surface area (TPSA) is 118 Å². The lowest BCUT2D eigenvalue weighted by atomic mass is 9.92. The molecule has 8 nitrogen and oxygen atoms in total. The Labute approximate surface area is 220 Å². The van der Waals surface area contributed by atoms with Gasteiger partial charge in [0.1, 0.15) is 23.8 Å². The number of aromatic nitrogens is 2. The highest BCUT2D eigenvalue weighted by molar-refractivity contribution is 7.86. The van der Waals surface area contributed by atoms with Gasteiger partial charge >= 0.3 is 0 Å². The fourth-order valence-electron chi connectivity index (χ4n) is 4.58. The van der Waals surface area contributed by atoms with Gasteiger partial charge in [0.15, 0.2) is 0 Å². The first-order chi connectivity index (χ1) is 16.9. The third kappa shape index (κ3) is 5.98. The average molecular weight is 550 g/mol. The van der Waals surface area contributed by atoms with E-state index in [0.717, 1.165) is 33.6 Å². The maximum Gasteiger partial charge on any atom is 0.294 e. The van der Waals surface area contributed by atoms with Gasteiger partial charge in [0.25, 0.3) is 26.6 Å². The highest BCUT2D eigenvalue weighted by Crippen LogP contribution is 2.35. The number of hydrogen-bond donors (Lipinski definition) is 2. The highest BCUT2D eigenvalue weighted by atomic mass is 32.2. The Morgan fingerprint density at radius 1 is 0.649 bits per heavy atom. The molecule has 2 aromatic carbocycles. The molecule has 3 rings (SSSR count).